The van der Waals surface area contributed by atoms with Crippen molar-refractivity contribution in [3.8, 4) is 0 Å². The Bertz CT molecular complexity index is 897. The predicted octanol–water partition coefficient (Wildman–Crippen LogP) is 3.24. The van der Waals surface area contributed by atoms with Crippen molar-refractivity contribution in [3.63, 3.8) is 0 Å². The van der Waals surface area contributed by atoms with Gasteiger partial charge in [-0.3, -0.25) is 5.41 Å². The number of carbonyl (C=O) groups is 1. The zero-order valence-corrected chi connectivity index (χ0v) is 12.6. The zero-order valence-electron chi connectivity index (χ0n) is 12.6. The molecule has 1 unspecified atom stereocenters. The molecule has 2 aromatic carbocycles. The molecule has 5 N–H and O–H groups in total. The summed E-state index contributed by atoms with van der Waals surface area (Å²) < 4.78 is 0. The lowest BCUT2D eigenvalue weighted by Gasteiger charge is -2.17. The molecule has 1 atom stereocenters. The van der Waals surface area contributed by atoms with Crippen molar-refractivity contribution >= 4 is 22.7 Å². The van der Waals surface area contributed by atoms with Crippen molar-refractivity contribution in [2.45, 2.75) is 12.8 Å². The Kier molecular flexibility index (Phi) is 3.62. The van der Waals surface area contributed by atoms with Gasteiger partial charge in [0.15, 0.2) is 0 Å². The number of carboxylic acids is 1. The van der Waals surface area contributed by atoms with Crippen LogP contribution in [0.1, 0.15) is 33.1 Å². The van der Waals surface area contributed by atoms with E-state index in [4.69, 9.17) is 11.1 Å². The van der Waals surface area contributed by atoms with E-state index in [0.717, 1.165) is 22.0 Å². The Morgan fingerprint density at radius 2 is 1.87 bits per heavy atom. The van der Waals surface area contributed by atoms with Gasteiger partial charge in [0.25, 0.3) is 0 Å². The molecule has 0 saturated heterocycles. The van der Waals surface area contributed by atoms with E-state index in [2.05, 4.69) is 4.98 Å². The van der Waals surface area contributed by atoms with E-state index in [1.165, 1.54) is 0 Å². The minimum absolute atomic E-state index is 0.0807. The number of rotatable bonds is 4. The van der Waals surface area contributed by atoms with Crippen LogP contribution in [0, 0.1) is 12.3 Å². The number of benzene rings is 2. The van der Waals surface area contributed by atoms with Crippen molar-refractivity contribution in [3.05, 3.63) is 70.9 Å². The van der Waals surface area contributed by atoms with Gasteiger partial charge in [-0.05, 0) is 24.1 Å². The van der Waals surface area contributed by atoms with E-state index in [1.54, 1.807) is 0 Å². The third-order valence-corrected chi connectivity index (χ3v) is 4.02. The highest BCUT2D eigenvalue weighted by Crippen LogP contribution is 2.35. The molecule has 0 saturated carbocycles. The van der Waals surface area contributed by atoms with Crippen LogP contribution in [0.25, 0.3) is 10.9 Å². The summed E-state index contributed by atoms with van der Waals surface area (Å²) in [4.78, 5) is 14.7. The summed E-state index contributed by atoms with van der Waals surface area (Å²) in [7, 11) is 0. The number of nitrogens with one attached hydrogen (secondary N) is 2. The SMILES string of the molecule is Cc1cccc2[nH]c(C(=O)O)c(C(C(=N)N)c3ccccc3)c12. The highest BCUT2D eigenvalue weighted by molar-refractivity contribution is 6.04. The fourth-order valence-electron chi connectivity index (χ4n) is 3.06. The van der Waals surface area contributed by atoms with Crippen LogP contribution in [0.2, 0.25) is 0 Å². The van der Waals surface area contributed by atoms with Gasteiger partial charge in [0.05, 0.1) is 5.92 Å². The first kappa shape index (κ1) is 14.8. The van der Waals surface area contributed by atoms with Crippen molar-refractivity contribution < 1.29 is 9.90 Å². The molecule has 1 aromatic heterocycles. The Hall–Kier alpha value is -3.08. The van der Waals surface area contributed by atoms with Crippen molar-refractivity contribution in [1.82, 2.24) is 4.98 Å². The fourth-order valence-corrected chi connectivity index (χ4v) is 3.06. The van der Waals surface area contributed by atoms with Gasteiger partial charge < -0.3 is 15.8 Å². The molecule has 0 fully saturated rings. The third kappa shape index (κ3) is 2.46. The number of hydrogen-bond acceptors (Lipinski definition) is 2. The largest absolute Gasteiger partial charge is 0.477 e. The van der Waals surface area contributed by atoms with Crippen LogP contribution in [0.3, 0.4) is 0 Å². The molecule has 5 heteroatoms. The molecule has 1 heterocycles. The Labute approximate surface area is 133 Å². The minimum Gasteiger partial charge on any atom is -0.477 e. The van der Waals surface area contributed by atoms with Crippen LogP contribution >= 0.6 is 0 Å². The average molecular weight is 307 g/mol. The molecule has 3 aromatic rings. The van der Waals surface area contributed by atoms with Gasteiger partial charge in [-0.15, -0.1) is 0 Å². The summed E-state index contributed by atoms with van der Waals surface area (Å²) in [5.41, 5.74) is 8.96. The Morgan fingerprint density at radius 3 is 2.48 bits per heavy atom. The predicted molar refractivity (Wildman–Crippen MR) is 90.2 cm³/mol. The van der Waals surface area contributed by atoms with Crippen molar-refractivity contribution in [1.29, 1.82) is 5.41 Å². The van der Waals surface area contributed by atoms with Gasteiger partial charge in [0.2, 0.25) is 0 Å². The first-order valence-corrected chi connectivity index (χ1v) is 7.24. The number of aryl methyl sites for hydroxylation is 1. The lowest BCUT2D eigenvalue weighted by atomic mass is 9.87. The highest BCUT2D eigenvalue weighted by atomic mass is 16.4. The molecule has 0 aliphatic carbocycles. The van der Waals surface area contributed by atoms with Gasteiger partial charge in [0.1, 0.15) is 11.5 Å². The smallest absolute Gasteiger partial charge is 0.352 e. The first-order chi connectivity index (χ1) is 11.0. The van der Waals surface area contributed by atoms with Gasteiger partial charge in [-0.1, -0.05) is 42.5 Å². The van der Waals surface area contributed by atoms with Gasteiger partial charge in [-0.2, -0.15) is 0 Å². The van der Waals surface area contributed by atoms with E-state index in [0.29, 0.717) is 5.56 Å². The molecule has 0 aliphatic rings. The van der Waals surface area contributed by atoms with E-state index < -0.39 is 11.9 Å². The van der Waals surface area contributed by atoms with E-state index in [-0.39, 0.29) is 11.5 Å². The topological polar surface area (TPSA) is 103 Å². The number of nitrogens with two attached hydrogens (primary N) is 1. The molecule has 0 bridgehead atoms. The zero-order chi connectivity index (χ0) is 16.6. The van der Waals surface area contributed by atoms with E-state index in [1.807, 2.05) is 55.5 Å². The Balaban J connectivity index is 2.38. The fraction of sp³-hybridized carbons (Fsp3) is 0.111. The Morgan fingerprint density at radius 1 is 1.17 bits per heavy atom. The molecule has 3 rings (SSSR count). The second kappa shape index (κ2) is 5.61. The van der Waals surface area contributed by atoms with Gasteiger partial charge in [-0.25, -0.2) is 4.79 Å². The summed E-state index contributed by atoms with van der Waals surface area (Å²) in [6.45, 7) is 1.92. The van der Waals surface area contributed by atoms with Crippen LogP contribution in [0.5, 0.6) is 0 Å². The normalized spacial score (nSPS) is 12.2. The summed E-state index contributed by atoms with van der Waals surface area (Å²) in [6, 6.07) is 14.9. The van der Waals surface area contributed by atoms with Crippen molar-refractivity contribution in [2.24, 2.45) is 5.73 Å². The van der Waals surface area contributed by atoms with Crippen LogP contribution in [-0.4, -0.2) is 21.9 Å². The molecule has 0 spiro atoms. The molecule has 0 aliphatic heterocycles. The number of aromatic nitrogens is 1. The molecule has 5 nitrogen and oxygen atoms in total. The summed E-state index contributed by atoms with van der Waals surface area (Å²) in [5, 5.41) is 18.4. The molecule has 23 heavy (non-hydrogen) atoms. The van der Waals surface area contributed by atoms with Crippen molar-refractivity contribution in [2.75, 3.05) is 0 Å². The maximum absolute atomic E-state index is 11.7. The number of carboxylic acid groups (broad SMARTS) is 1. The highest BCUT2D eigenvalue weighted by Gasteiger charge is 2.28. The minimum atomic E-state index is -1.06. The van der Waals surface area contributed by atoms with E-state index >= 15 is 0 Å². The average Bonchev–Trinajstić information content (AvgIpc) is 2.89. The quantitative estimate of drug-likeness (QED) is 0.439. The van der Waals surface area contributed by atoms with Gasteiger partial charge >= 0.3 is 5.97 Å². The molecule has 0 radical (unpaired) electrons. The number of aromatic carboxylic acids is 1. The maximum Gasteiger partial charge on any atom is 0.352 e. The number of aromatic amines is 1. The first-order valence-electron chi connectivity index (χ1n) is 7.24. The van der Waals surface area contributed by atoms with Crippen LogP contribution in [-0.2, 0) is 0 Å². The second-order valence-corrected chi connectivity index (χ2v) is 5.52. The monoisotopic (exact) mass is 307 g/mol. The standard InChI is InChI=1S/C18H17N3O2/c1-10-6-5-9-12-13(10)15(16(21-12)18(22)23)14(17(19)20)11-7-3-2-4-8-11/h2-9,14,21H,1H3,(H3,19,20)(H,22,23). The molecular weight excluding hydrogens is 290 g/mol. The summed E-state index contributed by atoms with van der Waals surface area (Å²) in [6.07, 6.45) is 0. The van der Waals surface area contributed by atoms with E-state index in [9.17, 15) is 9.90 Å². The maximum atomic E-state index is 11.7. The molecular formula is C18H17N3O2. The number of H-pyrrole nitrogens is 1. The van der Waals surface area contributed by atoms with Crippen LogP contribution in [0.4, 0.5) is 0 Å². The number of amidine groups is 1. The summed E-state index contributed by atoms with van der Waals surface area (Å²) in [5.74, 6) is -1.74. The van der Waals surface area contributed by atoms with Crippen LogP contribution < -0.4 is 5.73 Å². The summed E-state index contributed by atoms with van der Waals surface area (Å²) >= 11 is 0. The van der Waals surface area contributed by atoms with Crippen LogP contribution in [0.15, 0.2) is 48.5 Å². The number of hydrogen-bond donors (Lipinski definition) is 4. The lowest BCUT2D eigenvalue weighted by Crippen LogP contribution is -2.23. The molecule has 0 amide bonds. The number of fused-ring (bicyclic) bond motifs is 1. The third-order valence-electron chi connectivity index (χ3n) is 4.02. The lowest BCUT2D eigenvalue weighted by molar-refractivity contribution is 0.0690. The second-order valence-electron chi connectivity index (χ2n) is 5.52. The molecule has 116 valence electrons. The van der Waals surface area contributed by atoms with Gasteiger partial charge in [0, 0.05) is 16.5 Å².